The lowest BCUT2D eigenvalue weighted by atomic mass is 9.90. The van der Waals surface area contributed by atoms with Crippen LogP contribution in [0.25, 0.3) is 0 Å². The number of carbonyl (C=O) groups is 2. The van der Waals surface area contributed by atoms with Crippen LogP contribution < -0.4 is 0 Å². The van der Waals surface area contributed by atoms with Crippen molar-refractivity contribution in [3.8, 4) is 0 Å². The van der Waals surface area contributed by atoms with E-state index in [1.165, 1.54) is 20.9 Å². The molecule has 0 saturated carbocycles. The van der Waals surface area contributed by atoms with Crippen LogP contribution in [0.3, 0.4) is 0 Å². The van der Waals surface area contributed by atoms with E-state index in [0.717, 1.165) is 29.6 Å². The third kappa shape index (κ3) is 5.69. The third-order valence-electron chi connectivity index (χ3n) is 7.94. The average molecular weight is 587 g/mol. The number of fused-ring (bicyclic) bond motifs is 2. The maximum absolute atomic E-state index is 13.4. The molecule has 2 atom stereocenters. The Balaban J connectivity index is 1.09. The summed E-state index contributed by atoms with van der Waals surface area (Å²) in [5, 5.41) is 0.736. The Hall–Kier alpha value is -2.37. The number of pyridine rings is 1. The summed E-state index contributed by atoms with van der Waals surface area (Å²) < 4.78 is 5.52. The van der Waals surface area contributed by atoms with Gasteiger partial charge in [0.25, 0.3) is 0 Å². The van der Waals surface area contributed by atoms with E-state index in [2.05, 4.69) is 17.0 Å². The van der Waals surface area contributed by atoms with Crippen LogP contribution in [-0.4, -0.2) is 75.9 Å². The van der Waals surface area contributed by atoms with E-state index < -0.39 is 17.6 Å². The first-order valence-corrected chi connectivity index (χ1v) is 15.2. The summed E-state index contributed by atoms with van der Waals surface area (Å²) in [6.07, 6.45) is 2.97. The molecular weight excluding hydrogens is 552 g/mol. The SMILES string of the molecule is CC(C)(C)OC(=O)N1CCC(CC(=O)N2CCN(C3c4ccc(Cl)cc4SCc4cccnc43)CC2)CC12OO2. The third-order valence-corrected chi connectivity index (χ3v) is 9.30. The van der Waals surface area contributed by atoms with E-state index in [9.17, 15) is 9.59 Å². The number of piperazine rings is 1. The summed E-state index contributed by atoms with van der Waals surface area (Å²) >= 11 is 8.15. The van der Waals surface area contributed by atoms with Gasteiger partial charge >= 0.3 is 12.0 Å². The van der Waals surface area contributed by atoms with Crippen molar-refractivity contribution in [2.24, 2.45) is 5.92 Å². The van der Waals surface area contributed by atoms with Crippen LogP contribution in [0.2, 0.25) is 5.02 Å². The molecule has 9 nitrogen and oxygen atoms in total. The van der Waals surface area contributed by atoms with Crippen LogP contribution in [0.4, 0.5) is 4.79 Å². The van der Waals surface area contributed by atoms with Crippen molar-refractivity contribution in [2.45, 2.75) is 68.2 Å². The molecule has 2 aromatic rings. The predicted octanol–water partition coefficient (Wildman–Crippen LogP) is 5.23. The van der Waals surface area contributed by atoms with Gasteiger partial charge in [-0.2, -0.15) is 9.78 Å². The standard InChI is InChI=1S/C29H35ClN4O5S/c1-28(2,3)37-27(36)34-10-8-19(17-29(34)38-39-29)15-24(35)32-11-13-33(14-12-32)26-22-7-6-21(30)16-23(22)40-18-20-5-4-9-31-25(20)26/h4-7,9,16,19,26H,8,10-15,17-18H2,1-3H3. The molecule has 4 aliphatic rings. The molecule has 40 heavy (non-hydrogen) atoms. The van der Waals surface area contributed by atoms with Crippen LogP contribution in [0.5, 0.6) is 0 Å². The van der Waals surface area contributed by atoms with E-state index in [4.69, 9.17) is 31.1 Å². The highest BCUT2D eigenvalue weighted by molar-refractivity contribution is 7.98. The van der Waals surface area contributed by atoms with Crippen molar-refractivity contribution in [3.63, 3.8) is 0 Å². The fourth-order valence-corrected chi connectivity index (χ4v) is 7.29. The number of carbonyl (C=O) groups excluding carboxylic acids is 2. The number of rotatable bonds is 3. The van der Waals surface area contributed by atoms with Crippen LogP contribution in [0.15, 0.2) is 41.4 Å². The molecule has 0 radical (unpaired) electrons. The van der Waals surface area contributed by atoms with E-state index in [1.807, 2.05) is 50.1 Å². The fourth-order valence-electron chi connectivity index (χ4n) is 5.94. The van der Waals surface area contributed by atoms with Gasteiger partial charge in [-0.1, -0.05) is 23.7 Å². The van der Waals surface area contributed by atoms with Crippen molar-refractivity contribution in [3.05, 3.63) is 58.4 Å². The Morgan fingerprint density at radius 1 is 1.15 bits per heavy atom. The molecule has 11 heteroatoms. The Morgan fingerprint density at radius 2 is 1.93 bits per heavy atom. The Labute approximate surface area is 244 Å². The first kappa shape index (κ1) is 27.8. The molecule has 5 heterocycles. The van der Waals surface area contributed by atoms with Gasteiger partial charge in [-0.15, -0.1) is 11.8 Å². The zero-order valence-corrected chi connectivity index (χ0v) is 24.7. The van der Waals surface area contributed by atoms with Gasteiger partial charge in [-0.05, 0) is 62.4 Å². The van der Waals surface area contributed by atoms with Gasteiger partial charge in [0, 0.05) is 67.4 Å². The molecule has 1 aromatic carbocycles. The van der Waals surface area contributed by atoms with Crippen LogP contribution in [0, 0.1) is 5.92 Å². The summed E-state index contributed by atoms with van der Waals surface area (Å²) in [5.74, 6) is -0.0440. The minimum absolute atomic E-state index is 0.0249. The maximum Gasteiger partial charge on any atom is 0.414 e. The van der Waals surface area contributed by atoms with Gasteiger partial charge in [0.2, 0.25) is 5.91 Å². The molecule has 2 amide bonds. The smallest absolute Gasteiger partial charge is 0.414 e. The first-order valence-electron chi connectivity index (χ1n) is 13.9. The minimum atomic E-state index is -1.10. The summed E-state index contributed by atoms with van der Waals surface area (Å²) in [6, 6.07) is 10.3. The van der Waals surface area contributed by atoms with Crippen molar-refractivity contribution in [2.75, 3.05) is 32.7 Å². The topological polar surface area (TPSA) is 91.0 Å². The molecular formula is C29H35ClN4O5S. The lowest BCUT2D eigenvalue weighted by molar-refractivity contribution is -0.135. The number of thioether (sulfide) groups is 1. The fraction of sp³-hybridized carbons (Fsp3) is 0.552. The summed E-state index contributed by atoms with van der Waals surface area (Å²) in [7, 11) is 0. The molecule has 3 saturated heterocycles. The van der Waals surface area contributed by atoms with Crippen LogP contribution >= 0.6 is 23.4 Å². The number of ether oxygens (including phenoxy) is 1. The average Bonchev–Trinajstić information content (AvgIpc) is 3.69. The molecule has 2 unspecified atom stereocenters. The number of hydrogen-bond acceptors (Lipinski definition) is 8. The number of benzene rings is 1. The number of piperidine rings is 1. The number of hydrogen-bond donors (Lipinski definition) is 0. The quantitative estimate of drug-likeness (QED) is 0.357. The molecule has 0 N–H and O–H groups in total. The van der Waals surface area contributed by atoms with Crippen molar-refractivity contribution >= 4 is 35.4 Å². The van der Waals surface area contributed by atoms with E-state index in [1.54, 1.807) is 11.8 Å². The predicted molar refractivity (Wildman–Crippen MR) is 150 cm³/mol. The van der Waals surface area contributed by atoms with Crippen molar-refractivity contribution in [1.82, 2.24) is 19.7 Å². The monoisotopic (exact) mass is 586 g/mol. The summed E-state index contributed by atoms with van der Waals surface area (Å²) in [4.78, 5) is 48.5. The molecule has 0 bridgehead atoms. The number of aromatic nitrogens is 1. The second-order valence-electron chi connectivity index (χ2n) is 11.9. The number of likely N-dealkylation sites (tertiary alicyclic amines) is 1. The second-order valence-corrected chi connectivity index (χ2v) is 13.4. The normalized spacial score (nSPS) is 24.2. The van der Waals surface area contributed by atoms with Gasteiger partial charge in [-0.3, -0.25) is 19.6 Å². The molecule has 1 spiro atoms. The first-order chi connectivity index (χ1) is 19.1. The van der Waals surface area contributed by atoms with Crippen LogP contribution in [0.1, 0.15) is 62.9 Å². The van der Waals surface area contributed by atoms with Crippen LogP contribution in [-0.2, 0) is 25.1 Å². The number of nitrogens with zero attached hydrogens (tertiary/aromatic N) is 4. The van der Waals surface area contributed by atoms with Crippen molar-refractivity contribution in [1.29, 1.82) is 0 Å². The Bertz CT molecular complexity index is 1290. The van der Waals surface area contributed by atoms with E-state index in [-0.39, 0.29) is 17.9 Å². The largest absolute Gasteiger partial charge is 0.444 e. The molecule has 6 rings (SSSR count). The lowest BCUT2D eigenvalue weighted by Gasteiger charge is -2.40. The zero-order valence-electron chi connectivity index (χ0n) is 23.1. The van der Waals surface area contributed by atoms with E-state index in [0.29, 0.717) is 38.9 Å². The lowest BCUT2D eigenvalue weighted by Crippen LogP contribution is -2.52. The van der Waals surface area contributed by atoms with E-state index >= 15 is 0 Å². The second kappa shape index (κ2) is 10.8. The Kier molecular flexibility index (Phi) is 7.50. The number of halogens is 1. The van der Waals surface area contributed by atoms with Gasteiger partial charge in [-0.25, -0.2) is 4.79 Å². The van der Waals surface area contributed by atoms with Gasteiger partial charge in [0.05, 0.1) is 11.7 Å². The molecule has 1 aromatic heterocycles. The highest BCUT2D eigenvalue weighted by Crippen LogP contribution is 2.46. The molecule has 4 aliphatic heterocycles. The minimum Gasteiger partial charge on any atom is -0.444 e. The van der Waals surface area contributed by atoms with Gasteiger partial charge < -0.3 is 9.64 Å². The Morgan fingerprint density at radius 3 is 2.65 bits per heavy atom. The molecule has 0 aliphatic carbocycles. The summed E-state index contributed by atoms with van der Waals surface area (Å²) in [6.45, 7) is 8.74. The van der Waals surface area contributed by atoms with Gasteiger partial charge in [0.15, 0.2) is 0 Å². The molecule has 214 valence electrons. The molecule has 3 fully saturated rings. The van der Waals surface area contributed by atoms with Crippen molar-refractivity contribution < 1.29 is 24.1 Å². The summed E-state index contributed by atoms with van der Waals surface area (Å²) in [5.41, 5.74) is 2.94. The van der Waals surface area contributed by atoms with Gasteiger partial charge in [0.1, 0.15) is 5.60 Å². The highest BCUT2D eigenvalue weighted by atomic mass is 35.5. The highest BCUT2D eigenvalue weighted by Gasteiger charge is 2.61. The maximum atomic E-state index is 13.4. The zero-order chi connectivity index (χ0) is 28.1. The number of amides is 2.